The molecule has 2 rings (SSSR count). The summed E-state index contributed by atoms with van der Waals surface area (Å²) in [6.45, 7) is 3.47. The number of morpholine rings is 1. The van der Waals surface area contributed by atoms with Crippen LogP contribution in [0.1, 0.15) is 25.7 Å². The van der Waals surface area contributed by atoms with Crippen LogP contribution in [0.15, 0.2) is 0 Å². The highest BCUT2D eigenvalue weighted by molar-refractivity contribution is 5.88. The Morgan fingerprint density at radius 1 is 1.15 bits per heavy atom. The van der Waals surface area contributed by atoms with Crippen molar-refractivity contribution in [1.29, 1.82) is 0 Å². The number of nitrogens with two attached hydrogens (primary N) is 1. The molecular weight excluding hydrogens is 282 g/mol. The van der Waals surface area contributed by atoms with E-state index < -0.39 is 0 Å². The standard InChI is InChI=1S/C13H23N3O3.ClH/c14-5-4-12(17)16-6-2-1-3-11(16)13(18)15-7-9-19-10-8-15;/h11H,1-10,14H2;1H. The highest BCUT2D eigenvalue weighted by Crippen LogP contribution is 2.20. The van der Waals surface area contributed by atoms with E-state index >= 15 is 0 Å². The monoisotopic (exact) mass is 305 g/mol. The third-order valence-corrected chi connectivity index (χ3v) is 3.79. The Hall–Kier alpha value is -0.850. The Balaban J connectivity index is 0.00000200. The van der Waals surface area contributed by atoms with Crippen LogP contribution in [-0.4, -0.2) is 67.0 Å². The van der Waals surface area contributed by atoms with Gasteiger partial charge in [0.2, 0.25) is 11.8 Å². The molecule has 0 spiro atoms. The van der Waals surface area contributed by atoms with E-state index in [0.29, 0.717) is 45.8 Å². The number of nitrogens with zero attached hydrogens (tertiary/aromatic N) is 2. The number of amides is 2. The molecule has 6 nitrogen and oxygen atoms in total. The number of carbonyl (C=O) groups is 2. The number of likely N-dealkylation sites (tertiary alicyclic amines) is 1. The molecule has 116 valence electrons. The van der Waals surface area contributed by atoms with Crippen molar-refractivity contribution in [1.82, 2.24) is 9.80 Å². The van der Waals surface area contributed by atoms with Gasteiger partial charge in [-0.2, -0.15) is 0 Å². The molecule has 0 saturated carbocycles. The van der Waals surface area contributed by atoms with E-state index in [1.54, 1.807) is 4.90 Å². The lowest BCUT2D eigenvalue weighted by Crippen LogP contribution is -2.55. The van der Waals surface area contributed by atoms with Gasteiger partial charge in [0.15, 0.2) is 0 Å². The average Bonchev–Trinajstić information content (AvgIpc) is 2.47. The molecule has 0 radical (unpaired) electrons. The van der Waals surface area contributed by atoms with Crippen LogP contribution in [0.5, 0.6) is 0 Å². The summed E-state index contributed by atoms with van der Waals surface area (Å²) < 4.78 is 5.26. The van der Waals surface area contributed by atoms with E-state index in [-0.39, 0.29) is 30.3 Å². The van der Waals surface area contributed by atoms with Gasteiger partial charge in [0, 0.05) is 32.6 Å². The molecule has 2 N–H and O–H groups in total. The van der Waals surface area contributed by atoms with Gasteiger partial charge in [-0.25, -0.2) is 0 Å². The topological polar surface area (TPSA) is 75.9 Å². The maximum atomic E-state index is 12.5. The summed E-state index contributed by atoms with van der Waals surface area (Å²) in [7, 11) is 0. The molecule has 2 aliphatic rings. The number of halogens is 1. The van der Waals surface area contributed by atoms with E-state index in [9.17, 15) is 9.59 Å². The smallest absolute Gasteiger partial charge is 0.245 e. The van der Waals surface area contributed by atoms with Crippen molar-refractivity contribution in [3.8, 4) is 0 Å². The van der Waals surface area contributed by atoms with Crippen molar-refractivity contribution in [2.24, 2.45) is 5.73 Å². The van der Waals surface area contributed by atoms with Crippen molar-refractivity contribution in [3.05, 3.63) is 0 Å². The molecule has 2 saturated heterocycles. The fourth-order valence-corrected chi connectivity index (χ4v) is 2.75. The van der Waals surface area contributed by atoms with Crippen LogP contribution in [0.4, 0.5) is 0 Å². The lowest BCUT2D eigenvalue weighted by Gasteiger charge is -2.38. The molecule has 0 aromatic rings. The number of rotatable bonds is 3. The first-order chi connectivity index (χ1) is 9.24. The summed E-state index contributed by atoms with van der Waals surface area (Å²) in [5.41, 5.74) is 5.44. The van der Waals surface area contributed by atoms with E-state index in [2.05, 4.69) is 0 Å². The molecule has 0 bridgehead atoms. The summed E-state index contributed by atoms with van der Waals surface area (Å²) in [5, 5.41) is 0. The number of hydrogen-bond donors (Lipinski definition) is 1. The van der Waals surface area contributed by atoms with Gasteiger partial charge in [-0.1, -0.05) is 0 Å². The van der Waals surface area contributed by atoms with Crippen LogP contribution in [0, 0.1) is 0 Å². The molecule has 2 aliphatic heterocycles. The molecule has 0 aromatic heterocycles. The quantitative estimate of drug-likeness (QED) is 0.796. The van der Waals surface area contributed by atoms with Gasteiger partial charge in [0.05, 0.1) is 13.2 Å². The van der Waals surface area contributed by atoms with Crippen molar-refractivity contribution < 1.29 is 14.3 Å². The summed E-state index contributed by atoms with van der Waals surface area (Å²) in [5.74, 6) is 0.0854. The number of ether oxygens (including phenoxy) is 1. The highest BCUT2D eigenvalue weighted by atomic mass is 35.5. The Bertz CT molecular complexity index is 335. The van der Waals surface area contributed by atoms with Crippen molar-refractivity contribution in [2.75, 3.05) is 39.4 Å². The Morgan fingerprint density at radius 3 is 2.50 bits per heavy atom. The number of carbonyl (C=O) groups excluding carboxylic acids is 2. The van der Waals surface area contributed by atoms with Gasteiger partial charge in [-0.3, -0.25) is 9.59 Å². The maximum absolute atomic E-state index is 12.5. The predicted molar refractivity (Wildman–Crippen MR) is 77.7 cm³/mol. The second-order valence-corrected chi connectivity index (χ2v) is 5.08. The zero-order valence-electron chi connectivity index (χ0n) is 11.8. The van der Waals surface area contributed by atoms with Crippen LogP contribution in [-0.2, 0) is 14.3 Å². The zero-order chi connectivity index (χ0) is 13.7. The minimum atomic E-state index is -0.286. The van der Waals surface area contributed by atoms with E-state index in [4.69, 9.17) is 10.5 Å². The molecule has 0 aliphatic carbocycles. The van der Waals surface area contributed by atoms with Gasteiger partial charge in [-0.05, 0) is 19.3 Å². The lowest BCUT2D eigenvalue weighted by molar-refractivity contribution is -0.150. The SMILES string of the molecule is Cl.NCCC(=O)N1CCCCC1C(=O)N1CCOCC1. The van der Waals surface area contributed by atoms with E-state index in [1.807, 2.05) is 4.90 Å². The Labute approximate surface area is 126 Å². The molecule has 2 heterocycles. The Morgan fingerprint density at radius 2 is 1.85 bits per heavy atom. The minimum Gasteiger partial charge on any atom is -0.378 e. The second kappa shape index (κ2) is 8.44. The summed E-state index contributed by atoms with van der Waals surface area (Å²) in [6.07, 6.45) is 3.08. The van der Waals surface area contributed by atoms with Crippen LogP contribution < -0.4 is 5.73 Å². The number of piperidine rings is 1. The molecule has 2 amide bonds. The van der Waals surface area contributed by atoms with Gasteiger partial charge in [0.1, 0.15) is 6.04 Å². The average molecular weight is 306 g/mol. The normalized spacial score (nSPS) is 23.1. The molecule has 7 heteroatoms. The van der Waals surface area contributed by atoms with Crippen molar-refractivity contribution in [2.45, 2.75) is 31.7 Å². The first-order valence-electron chi connectivity index (χ1n) is 7.10. The van der Waals surface area contributed by atoms with Crippen LogP contribution in [0.25, 0.3) is 0 Å². The molecule has 1 unspecified atom stereocenters. The summed E-state index contributed by atoms with van der Waals surface area (Å²) in [6, 6.07) is -0.286. The van der Waals surface area contributed by atoms with Crippen LogP contribution >= 0.6 is 12.4 Å². The maximum Gasteiger partial charge on any atom is 0.245 e. The summed E-state index contributed by atoms with van der Waals surface area (Å²) in [4.78, 5) is 28.1. The van der Waals surface area contributed by atoms with E-state index in [1.165, 1.54) is 0 Å². The fraction of sp³-hybridized carbons (Fsp3) is 0.846. The second-order valence-electron chi connectivity index (χ2n) is 5.08. The lowest BCUT2D eigenvalue weighted by atomic mass is 10.00. The van der Waals surface area contributed by atoms with Crippen LogP contribution in [0.3, 0.4) is 0 Å². The fourth-order valence-electron chi connectivity index (χ4n) is 2.75. The highest BCUT2D eigenvalue weighted by Gasteiger charge is 2.34. The predicted octanol–water partition coefficient (Wildman–Crippen LogP) is -0.00310. The third-order valence-electron chi connectivity index (χ3n) is 3.79. The van der Waals surface area contributed by atoms with Gasteiger partial charge in [0.25, 0.3) is 0 Å². The van der Waals surface area contributed by atoms with Gasteiger partial charge in [-0.15, -0.1) is 12.4 Å². The summed E-state index contributed by atoms with van der Waals surface area (Å²) >= 11 is 0. The molecular formula is C13H24ClN3O3. The first-order valence-corrected chi connectivity index (χ1v) is 7.10. The molecule has 20 heavy (non-hydrogen) atoms. The largest absolute Gasteiger partial charge is 0.378 e. The van der Waals surface area contributed by atoms with Crippen molar-refractivity contribution in [3.63, 3.8) is 0 Å². The van der Waals surface area contributed by atoms with E-state index in [0.717, 1.165) is 19.3 Å². The first kappa shape index (κ1) is 17.2. The Kier molecular flexibility index (Phi) is 7.26. The molecule has 1 atom stereocenters. The molecule has 0 aromatic carbocycles. The van der Waals surface area contributed by atoms with Gasteiger partial charge >= 0.3 is 0 Å². The van der Waals surface area contributed by atoms with Crippen LogP contribution in [0.2, 0.25) is 0 Å². The molecule has 2 fully saturated rings. The third kappa shape index (κ3) is 4.07. The van der Waals surface area contributed by atoms with Crippen molar-refractivity contribution >= 4 is 24.2 Å². The minimum absolute atomic E-state index is 0. The zero-order valence-corrected chi connectivity index (χ0v) is 12.6. The van der Waals surface area contributed by atoms with Gasteiger partial charge < -0.3 is 20.3 Å². The number of hydrogen-bond acceptors (Lipinski definition) is 4.